The van der Waals surface area contributed by atoms with Crippen LogP contribution in [-0.4, -0.2) is 38.2 Å². The molecule has 0 aromatic heterocycles. The number of carbonyl (C=O) groups is 1. The Labute approximate surface area is 166 Å². The van der Waals surface area contributed by atoms with Crippen LogP contribution in [0, 0.1) is 0 Å². The molecule has 2 aromatic carbocycles. The van der Waals surface area contributed by atoms with Gasteiger partial charge in [0.25, 0.3) is 0 Å². The smallest absolute Gasteiger partial charge is 0.348 e. The average molecular weight is 381 g/mol. The maximum absolute atomic E-state index is 12.6. The van der Waals surface area contributed by atoms with Crippen molar-refractivity contribution < 1.29 is 19.0 Å². The Balaban J connectivity index is 2.19. The Morgan fingerprint density at radius 2 is 1.68 bits per heavy atom. The Morgan fingerprint density at radius 3 is 2.29 bits per heavy atom. The first kappa shape index (κ1) is 21.3. The first-order valence-electron chi connectivity index (χ1n) is 9.13. The van der Waals surface area contributed by atoms with Gasteiger partial charge in [0, 0.05) is 0 Å². The fourth-order valence-corrected chi connectivity index (χ4v) is 2.52. The van der Waals surface area contributed by atoms with Gasteiger partial charge in [0.15, 0.2) is 11.5 Å². The van der Waals surface area contributed by atoms with Crippen LogP contribution in [0.15, 0.2) is 53.5 Å². The van der Waals surface area contributed by atoms with Gasteiger partial charge in [0.2, 0.25) is 0 Å². The summed E-state index contributed by atoms with van der Waals surface area (Å²) >= 11 is 0. The van der Waals surface area contributed by atoms with E-state index in [0.29, 0.717) is 30.0 Å². The van der Waals surface area contributed by atoms with Gasteiger partial charge in [0.05, 0.1) is 20.8 Å². The fraction of sp³-hybridized carbons (Fsp3) is 0.348. The lowest BCUT2D eigenvalue weighted by molar-refractivity contribution is -0.147. The minimum absolute atomic E-state index is 0.322. The van der Waals surface area contributed by atoms with Crippen molar-refractivity contribution >= 4 is 17.4 Å². The number of nitrogens with zero attached hydrogens (tertiary/aromatic N) is 1. The van der Waals surface area contributed by atoms with Gasteiger partial charge in [-0.3, -0.25) is 0 Å². The van der Waals surface area contributed by atoms with E-state index in [0.717, 1.165) is 11.1 Å². The van der Waals surface area contributed by atoms with E-state index in [1.54, 1.807) is 14.2 Å². The molecule has 28 heavy (non-hydrogen) atoms. The van der Waals surface area contributed by atoms with Crippen molar-refractivity contribution in [3.63, 3.8) is 0 Å². The van der Waals surface area contributed by atoms with Crippen LogP contribution in [0.5, 0.6) is 11.5 Å². The molecule has 5 nitrogen and oxygen atoms in total. The van der Waals surface area contributed by atoms with Gasteiger partial charge in [-0.05, 0) is 56.3 Å². The van der Waals surface area contributed by atoms with Crippen molar-refractivity contribution in [1.29, 1.82) is 0 Å². The van der Waals surface area contributed by atoms with Gasteiger partial charge in [-0.25, -0.2) is 9.79 Å². The molecule has 0 saturated carbocycles. The van der Waals surface area contributed by atoms with Gasteiger partial charge < -0.3 is 14.2 Å². The van der Waals surface area contributed by atoms with E-state index in [2.05, 4.69) is 10.9 Å². The fourth-order valence-electron chi connectivity index (χ4n) is 2.52. The summed E-state index contributed by atoms with van der Waals surface area (Å²) in [6.45, 7) is 5.99. The molecule has 0 amide bonds. The molecule has 0 saturated heterocycles. The first-order chi connectivity index (χ1) is 13.3. The number of methoxy groups -OCH3 is 2. The van der Waals surface area contributed by atoms with Crippen molar-refractivity contribution in [1.82, 2.24) is 0 Å². The summed E-state index contributed by atoms with van der Waals surface area (Å²) in [6.07, 6.45) is 0.684. The van der Waals surface area contributed by atoms with Gasteiger partial charge in [-0.15, -0.1) is 0 Å². The monoisotopic (exact) mass is 381 g/mol. The van der Waals surface area contributed by atoms with E-state index in [1.165, 1.54) is 0 Å². The number of ether oxygens (including phenoxy) is 3. The molecule has 2 rings (SSSR count). The topological polar surface area (TPSA) is 57.1 Å². The van der Waals surface area contributed by atoms with E-state index in [9.17, 15) is 4.79 Å². The van der Waals surface area contributed by atoms with Crippen molar-refractivity contribution in [2.75, 3.05) is 20.8 Å². The quantitative estimate of drug-likeness (QED) is 0.407. The number of benzene rings is 2. The van der Waals surface area contributed by atoms with Crippen molar-refractivity contribution in [2.45, 2.75) is 32.8 Å². The highest BCUT2D eigenvalue weighted by molar-refractivity contribution is 6.26. The number of esters is 1. The molecule has 0 aliphatic heterocycles. The Morgan fingerprint density at radius 1 is 1.00 bits per heavy atom. The molecule has 0 aliphatic carbocycles. The highest BCUT2D eigenvalue weighted by Gasteiger charge is 2.21. The molecule has 0 heterocycles. The predicted molar refractivity (Wildman–Crippen MR) is 111 cm³/mol. The molecule has 0 fully saturated rings. The SMILES string of the molecule is COc1ccc(CCN=C=C(C(=O)OC(C)(C)C)c2ccccc2)cc1OC. The molecule has 0 bridgehead atoms. The van der Waals surface area contributed by atoms with E-state index in [1.807, 2.05) is 69.3 Å². The van der Waals surface area contributed by atoms with Crippen LogP contribution >= 0.6 is 0 Å². The minimum atomic E-state index is -0.585. The summed E-state index contributed by atoms with van der Waals surface area (Å²) in [5, 5.41) is 0. The van der Waals surface area contributed by atoms with Gasteiger partial charge in [-0.2, -0.15) is 0 Å². The van der Waals surface area contributed by atoms with Crippen LogP contribution in [0.25, 0.3) is 5.57 Å². The van der Waals surface area contributed by atoms with Crippen LogP contribution in [-0.2, 0) is 16.0 Å². The summed E-state index contributed by atoms with van der Waals surface area (Å²) in [6, 6.07) is 15.1. The third kappa shape index (κ3) is 6.29. The number of carbonyl (C=O) groups excluding carboxylic acids is 1. The highest BCUT2D eigenvalue weighted by Crippen LogP contribution is 2.27. The lowest BCUT2D eigenvalue weighted by Gasteiger charge is -2.19. The standard InChI is InChI=1S/C23H27NO4/c1-23(2,3)28-22(25)19(18-9-7-6-8-10-18)16-24-14-13-17-11-12-20(26-4)21(15-17)27-5/h6-12,15H,13-14H2,1-5H3. The molecule has 0 radical (unpaired) electrons. The second-order valence-corrected chi connectivity index (χ2v) is 7.18. The van der Waals surface area contributed by atoms with Gasteiger partial charge in [-0.1, -0.05) is 36.4 Å². The van der Waals surface area contributed by atoms with Crippen LogP contribution in [0.1, 0.15) is 31.9 Å². The summed E-state index contributed by atoms with van der Waals surface area (Å²) in [7, 11) is 3.21. The number of aliphatic imine (C=N–C) groups is 1. The third-order valence-corrected chi connectivity index (χ3v) is 3.82. The molecule has 0 unspecified atom stereocenters. The molecular formula is C23H27NO4. The Bertz CT molecular complexity index is 860. The van der Waals surface area contributed by atoms with Crippen LogP contribution < -0.4 is 9.47 Å². The zero-order chi connectivity index (χ0) is 20.6. The summed E-state index contributed by atoms with van der Waals surface area (Å²) < 4.78 is 16.1. The van der Waals surface area contributed by atoms with Crippen LogP contribution in [0.4, 0.5) is 0 Å². The molecule has 0 atom stereocenters. The van der Waals surface area contributed by atoms with Crippen molar-refractivity contribution in [3.8, 4) is 11.5 Å². The van der Waals surface area contributed by atoms with E-state index < -0.39 is 11.6 Å². The zero-order valence-electron chi connectivity index (χ0n) is 17.1. The predicted octanol–water partition coefficient (Wildman–Crippen LogP) is 4.34. The first-order valence-corrected chi connectivity index (χ1v) is 9.13. The van der Waals surface area contributed by atoms with Crippen LogP contribution in [0.3, 0.4) is 0 Å². The highest BCUT2D eigenvalue weighted by atomic mass is 16.6. The van der Waals surface area contributed by atoms with Crippen molar-refractivity contribution in [2.24, 2.45) is 4.99 Å². The lowest BCUT2D eigenvalue weighted by atomic mass is 10.1. The zero-order valence-corrected chi connectivity index (χ0v) is 17.1. The van der Waals surface area contributed by atoms with Gasteiger partial charge >= 0.3 is 5.97 Å². The van der Waals surface area contributed by atoms with Crippen molar-refractivity contribution in [3.05, 3.63) is 59.7 Å². The average Bonchev–Trinajstić information content (AvgIpc) is 2.67. The largest absolute Gasteiger partial charge is 0.493 e. The summed E-state index contributed by atoms with van der Waals surface area (Å²) in [5.41, 5.74) is 1.52. The normalized spacial score (nSPS) is 10.6. The number of hydrogen-bond acceptors (Lipinski definition) is 5. The molecule has 2 aromatic rings. The second kappa shape index (κ2) is 9.77. The Kier molecular flexibility index (Phi) is 7.42. The molecule has 0 N–H and O–H groups in total. The molecular weight excluding hydrogens is 354 g/mol. The summed E-state index contributed by atoms with van der Waals surface area (Å²) in [4.78, 5) is 16.9. The van der Waals surface area contributed by atoms with E-state index in [-0.39, 0.29) is 0 Å². The minimum Gasteiger partial charge on any atom is -0.493 e. The maximum Gasteiger partial charge on any atom is 0.348 e. The number of hydrogen-bond donors (Lipinski definition) is 0. The molecule has 148 valence electrons. The van der Waals surface area contributed by atoms with Crippen LogP contribution in [0.2, 0.25) is 0 Å². The third-order valence-electron chi connectivity index (χ3n) is 3.82. The summed E-state index contributed by atoms with van der Waals surface area (Å²) in [5.74, 6) is 3.82. The Hall–Kier alpha value is -3.04. The second-order valence-electron chi connectivity index (χ2n) is 7.18. The van der Waals surface area contributed by atoms with E-state index in [4.69, 9.17) is 14.2 Å². The lowest BCUT2D eigenvalue weighted by Crippen LogP contribution is -2.24. The van der Waals surface area contributed by atoms with E-state index >= 15 is 0 Å². The van der Waals surface area contributed by atoms with Gasteiger partial charge in [0.1, 0.15) is 11.2 Å². The molecule has 5 heteroatoms. The molecule has 0 spiro atoms. The maximum atomic E-state index is 12.6. The number of rotatable bonds is 7. The molecule has 0 aliphatic rings.